The van der Waals surface area contributed by atoms with Crippen LogP contribution in [0.1, 0.15) is 97.3 Å². The molecule has 0 N–H and O–H groups in total. The summed E-state index contributed by atoms with van der Waals surface area (Å²) < 4.78 is 0. The van der Waals surface area contributed by atoms with E-state index in [0.717, 1.165) is 11.6 Å². The molecule has 0 saturated carbocycles. The molecule has 18 heavy (non-hydrogen) atoms. The quantitative estimate of drug-likeness (QED) is 0.393. The first-order chi connectivity index (χ1) is 8.86. The van der Waals surface area contributed by atoms with E-state index in [2.05, 4.69) is 13.8 Å². The van der Waals surface area contributed by atoms with Gasteiger partial charge in [0.1, 0.15) is 7.28 Å². The minimum atomic E-state index is 1.15. The molecule has 0 amide bonds. The Morgan fingerprint density at radius 3 is 1.39 bits per heavy atom. The summed E-state index contributed by atoms with van der Waals surface area (Å²) in [6.45, 7) is 4.53. The molecule has 0 aromatic heterocycles. The van der Waals surface area contributed by atoms with Crippen LogP contribution in [0.3, 0.4) is 0 Å². The summed E-state index contributed by atoms with van der Waals surface area (Å²) in [6.07, 6.45) is 19.3. The van der Waals surface area contributed by atoms with Gasteiger partial charge in [0.2, 0.25) is 0 Å². The van der Waals surface area contributed by atoms with E-state index >= 15 is 0 Å². The third-order valence-corrected chi connectivity index (χ3v) is 4.82. The van der Waals surface area contributed by atoms with Gasteiger partial charge in [-0.25, -0.2) is 0 Å². The SMILES string of the molecule is B1C2CCCC1CCC2.CCCCCCCCC. The number of rotatable bonds is 6. The fourth-order valence-electron chi connectivity index (χ4n) is 3.65. The number of unbranched alkanes of at least 4 members (excludes halogenated alkanes) is 6. The van der Waals surface area contributed by atoms with Crippen molar-refractivity contribution in [1.29, 1.82) is 0 Å². The third kappa shape index (κ3) is 7.49. The third-order valence-electron chi connectivity index (χ3n) is 4.82. The van der Waals surface area contributed by atoms with Gasteiger partial charge in [0.05, 0.1) is 0 Å². The first-order valence-electron chi connectivity index (χ1n) is 8.86. The van der Waals surface area contributed by atoms with Gasteiger partial charge in [-0.1, -0.05) is 109 Å². The fraction of sp³-hybridized carbons (Fsp3) is 1.00. The number of hydrogen-bond donors (Lipinski definition) is 0. The Morgan fingerprint density at radius 2 is 1.06 bits per heavy atom. The lowest BCUT2D eigenvalue weighted by Crippen LogP contribution is -2.21. The van der Waals surface area contributed by atoms with Gasteiger partial charge in [-0.05, 0) is 0 Å². The van der Waals surface area contributed by atoms with Crippen LogP contribution in [0.5, 0.6) is 0 Å². The van der Waals surface area contributed by atoms with Crippen molar-refractivity contribution in [2.24, 2.45) is 0 Å². The smallest absolute Gasteiger partial charge is 0.0654 e. The fourth-order valence-corrected chi connectivity index (χ4v) is 3.65. The van der Waals surface area contributed by atoms with E-state index in [9.17, 15) is 0 Å². The number of hydrogen-bond acceptors (Lipinski definition) is 0. The lowest BCUT2D eigenvalue weighted by atomic mass is 9.44. The van der Waals surface area contributed by atoms with Crippen molar-refractivity contribution >= 4 is 7.28 Å². The van der Waals surface area contributed by atoms with Crippen LogP contribution in [0.25, 0.3) is 0 Å². The lowest BCUT2D eigenvalue weighted by molar-refractivity contribution is 0.455. The van der Waals surface area contributed by atoms with Crippen molar-refractivity contribution < 1.29 is 0 Å². The zero-order chi connectivity index (χ0) is 13.1. The molecule has 2 heterocycles. The average Bonchev–Trinajstić information content (AvgIpc) is 2.40. The van der Waals surface area contributed by atoms with Crippen molar-refractivity contribution in [2.75, 3.05) is 0 Å². The molecule has 1 heteroatoms. The molecule has 0 unspecified atom stereocenters. The maximum absolute atomic E-state index is 2.26. The van der Waals surface area contributed by atoms with Crippen LogP contribution < -0.4 is 0 Å². The van der Waals surface area contributed by atoms with Crippen LogP contribution in [0.2, 0.25) is 11.6 Å². The molecule has 0 aliphatic carbocycles. The summed E-state index contributed by atoms with van der Waals surface area (Å²) in [6, 6.07) is 0. The van der Waals surface area contributed by atoms with E-state index < -0.39 is 0 Å². The Kier molecular flexibility index (Phi) is 9.80. The lowest BCUT2D eigenvalue weighted by Gasteiger charge is -2.32. The molecule has 2 bridgehead atoms. The molecule has 0 atom stereocenters. The molecular formula is C17H35B. The van der Waals surface area contributed by atoms with Crippen molar-refractivity contribution in [3.05, 3.63) is 0 Å². The van der Waals surface area contributed by atoms with E-state index in [1.807, 2.05) is 0 Å². The van der Waals surface area contributed by atoms with Crippen LogP contribution >= 0.6 is 0 Å². The second-order valence-corrected chi connectivity index (χ2v) is 6.60. The second-order valence-electron chi connectivity index (χ2n) is 6.60. The van der Waals surface area contributed by atoms with E-state index in [1.54, 1.807) is 33.0 Å². The van der Waals surface area contributed by atoms with Gasteiger partial charge in [0.25, 0.3) is 0 Å². The van der Waals surface area contributed by atoms with Gasteiger partial charge in [0.15, 0.2) is 0 Å². The maximum atomic E-state index is 2.26. The summed E-state index contributed by atoms with van der Waals surface area (Å²) in [7, 11) is 1.58. The van der Waals surface area contributed by atoms with Crippen LogP contribution in [-0.4, -0.2) is 7.28 Å². The van der Waals surface area contributed by atoms with Crippen LogP contribution in [0.4, 0.5) is 0 Å². The van der Waals surface area contributed by atoms with Gasteiger partial charge in [-0.15, -0.1) is 0 Å². The van der Waals surface area contributed by atoms with Crippen molar-refractivity contribution in [1.82, 2.24) is 0 Å². The topological polar surface area (TPSA) is 0 Å². The van der Waals surface area contributed by atoms with Crippen LogP contribution in [0.15, 0.2) is 0 Å². The van der Waals surface area contributed by atoms with Crippen molar-refractivity contribution in [2.45, 2.75) is 109 Å². The minimum absolute atomic E-state index is 1.15. The summed E-state index contributed by atoms with van der Waals surface area (Å²) in [4.78, 5) is 0. The first-order valence-corrected chi connectivity index (χ1v) is 8.86. The summed E-state index contributed by atoms with van der Waals surface area (Å²) >= 11 is 0. The Labute approximate surface area is 117 Å². The Hall–Kier alpha value is 0.0649. The highest BCUT2D eigenvalue weighted by Gasteiger charge is 2.26. The Morgan fingerprint density at radius 1 is 0.667 bits per heavy atom. The summed E-state index contributed by atoms with van der Waals surface area (Å²) in [5.41, 5.74) is 0. The van der Waals surface area contributed by atoms with E-state index in [-0.39, 0.29) is 0 Å². The zero-order valence-corrected chi connectivity index (χ0v) is 13.1. The second kappa shape index (κ2) is 10.9. The largest absolute Gasteiger partial charge is 0.127 e. The first kappa shape index (κ1) is 16.1. The highest BCUT2D eigenvalue weighted by molar-refractivity contribution is 6.40. The highest BCUT2D eigenvalue weighted by atomic mass is 14.2. The molecular weight excluding hydrogens is 215 g/mol. The van der Waals surface area contributed by atoms with Crippen LogP contribution in [-0.2, 0) is 0 Å². The van der Waals surface area contributed by atoms with Crippen molar-refractivity contribution in [3.8, 4) is 0 Å². The normalized spacial score (nSPS) is 25.9. The van der Waals surface area contributed by atoms with E-state index in [1.165, 1.54) is 57.8 Å². The molecule has 2 fully saturated rings. The Bertz CT molecular complexity index is 152. The predicted molar refractivity (Wildman–Crippen MR) is 86.0 cm³/mol. The summed E-state index contributed by atoms with van der Waals surface area (Å²) in [5.74, 6) is 2.30. The molecule has 0 nitrogen and oxygen atoms in total. The molecule has 0 radical (unpaired) electrons. The predicted octanol–water partition coefficient (Wildman–Crippen LogP) is 6.12. The molecule has 2 aliphatic heterocycles. The van der Waals surface area contributed by atoms with E-state index in [4.69, 9.17) is 0 Å². The van der Waals surface area contributed by atoms with Gasteiger partial charge < -0.3 is 0 Å². The highest BCUT2D eigenvalue weighted by Crippen LogP contribution is 2.40. The van der Waals surface area contributed by atoms with Crippen LogP contribution in [0, 0.1) is 0 Å². The molecule has 106 valence electrons. The van der Waals surface area contributed by atoms with Gasteiger partial charge in [-0.2, -0.15) is 0 Å². The molecule has 0 spiro atoms. The monoisotopic (exact) mass is 250 g/mol. The Balaban J connectivity index is 0.000000180. The van der Waals surface area contributed by atoms with E-state index in [0.29, 0.717) is 0 Å². The maximum Gasteiger partial charge on any atom is 0.127 e. The average molecular weight is 250 g/mol. The van der Waals surface area contributed by atoms with Gasteiger partial charge >= 0.3 is 0 Å². The summed E-state index contributed by atoms with van der Waals surface area (Å²) in [5, 5.41) is 0. The molecule has 0 aromatic carbocycles. The van der Waals surface area contributed by atoms with Gasteiger partial charge in [-0.3, -0.25) is 0 Å². The molecule has 2 rings (SSSR count). The molecule has 2 aliphatic rings. The minimum Gasteiger partial charge on any atom is -0.0654 e. The number of fused-ring (bicyclic) bond motifs is 2. The zero-order valence-electron chi connectivity index (χ0n) is 13.1. The molecule has 0 aromatic rings. The molecule has 2 saturated heterocycles. The standard InChI is InChI=1S/C9H20.C8H15B/c1-3-5-7-9-8-6-4-2;1-3-7-5-2-6-8(4-1)9-7/h3-9H2,1-2H3;7-9H,1-6H2. The van der Waals surface area contributed by atoms with Gasteiger partial charge in [0, 0.05) is 0 Å². The van der Waals surface area contributed by atoms with Crippen molar-refractivity contribution in [3.63, 3.8) is 0 Å².